The van der Waals surface area contributed by atoms with E-state index in [2.05, 4.69) is 13.8 Å². The summed E-state index contributed by atoms with van der Waals surface area (Å²) in [7, 11) is 0. The lowest BCUT2D eigenvalue weighted by molar-refractivity contribution is 0.0697. The fourth-order valence-corrected chi connectivity index (χ4v) is 3.28. The predicted octanol–water partition coefficient (Wildman–Crippen LogP) is 4.63. The number of ether oxygens (including phenoxy) is 1. The number of rotatable bonds is 4. The monoisotopic (exact) mass is 272 g/mol. The van der Waals surface area contributed by atoms with Crippen LogP contribution in [-0.4, -0.2) is 11.9 Å². The molecule has 2 fully saturated rings. The zero-order valence-electron chi connectivity index (χ0n) is 12.5. The Balaban J connectivity index is 1.78. The molecule has 0 spiro atoms. The fraction of sp³-hybridized carbons (Fsp3) is 0.611. The quantitative estimate of drug-likeness (QED) is 0.747. The molecule has 1 atom stereocenters. The molecule has 2 heteroatoms. The van der Waals surface area contributed by atoms with Crippen molar-refractivity contribution in [1.82, 2.24) is 0 Å². The zero-order chi connectivity index (χ0) is 14.2. The number of benzene rings is 1. The van der Waals surface area contributed by atoms with Crippen molar-refractivity contribution in [3.8, 4) is 5.75 Å². The molecule has 0 saturated heterocycles. The lowest BCUT2D eigenvalue weighted by atomic mass is 9.66. The number of ketones is 1. The molecule has 0 radical (unpaired) electrons. The first-order valence-corrected chi connectivity index (χ1v) is 7.87. The van der Waals surface area contributed by atoms with Crippen LogP contribution < -0.4 is 4.74 Å². The molecule has 2 nitrogen and oxygen atoms in total. The minimum absolute atomic E-state index is 0.128. The highest BCUT2D eigenvalue weighted by Crippen LogP contribution is 2.42. The summed E-state index contributed by atoms with van der Waals surface area (Å²) in [6, 6.07) is 7.78. The average molecular weight is 272 g/mol. The largest absolute Gasteiger partial charge is 0.490 e. The van der Waals surface area contributed by atoms with Crippen molar-refractivity contribution >= 4 is 5.78 Å². The van der Waals surface area contributed by atoms with Crippen LogP contribution in [0.25, 0.3) is 0 Å². The molecule has 2 aliphatic rings. The van der Waals surface area contributed by atoms with E-state index in [-0.39, 0.29) is 11.3 Å². The van der Waals surface area contributed by atoms with Gasteiger partial charge in [0.05, 0.1) is 6.10 Å². The summed E-state index contributed by atoms with van der Waals surface area (Å²) in [5.41, 5.74) is 0.950. The molecule has 0 aromatic heterocycles. The van der Waals surface area contributed by atoms with Crippen LogP contribution in [0, 0.1) is 11.3 Å². The molecular weight excluding hydrogens is 248 g/mol. The summed E-state index contributed by atoms with van der Waals surface area (Å²) in [5.74, 6) is 1.32. The van der Waals surface area contributed by atoms with E-state index in [1.54, 1.807) is 0 Å². The maximum Gasteiger partial charge on any atom is 0.166 e. The van der Waals surface area contributed by atoms with Crippen LogP contribution >= 0.6 is 0 Å². The molecule has 0 heterocycles. The standard InChI is InChI=1S/C18H24O2/c1-18(2)11-4-3-8-16(18)17(19)13-6-5-7-15(12-13)20-14-9-10-14/h5-7,12,14,16H,3-4,8-11H2,1-2H3. The highest BCUT2D eigenvalue weighted by molar-refractivity contribution is 5.98. The Morgan fingerprint density at radius 1 is 1.20 bits per heavy atom. The molecule has 0 N–H and O–H groups in total. The SMILES string of the molecule is CC1(C)CCCCC1C(=O)c1cccc(OC2CC2)c1. The molecule has 108 valence electrons. The van der Waals surface area contributed by atoms with E-state index in [0.29, 0.717) is 11.9 Å². The van der Waals surface area contributed by atoms with Gasteiger partial charge in [0, 0.05) is 11.5 Å². The highest BCUT2D eigenvalue weighted by Gasteiger charge is 2.37. The third-order valence-electron chi connectivity index (χ3n) is 4.77. The van der Waals surface area contributed by atoms with Gasteiger partial charge in [0.2, 0.25) is 0 Å². The molecule has 1 aromatic carbocycles. The van der Waals surface area contributed by atoms with Crippen LogP contribution in [0.1, 0.15) is 62.7 Å². The van der Waals surface area contributed by atoms with Gasteiger partial charge in [0.15, 0.2) is 5.78 Å². The summed E-state index contributed by atoms with van der Waals surface area (Å²) < 4.78 is 5.80. The van der Waals surface area contributed by atoms with E-state index < -0.39 is 0 Å². The van der Waals surface area contributed by atoms with Crippen molar-refractivity contribution in [3.63, 3.8) is 0 Å². The summed E-state index contributed by atoms with van der Waals surface area (Å²) in [4.78, 5) is 12.8. The molecule has 0 amide bonds. The van der Waals surface area contributed by atoms with Gasteiger partial charge in [-0.2, -0.15) is 0 Å². The van der Waals surface area contributed by atoms with Gasteiger partial charge in [-0.15, -0.1) is 0 Å². The van der Waals surface area contributed by atoms with Crippen LogP contribution in [-0.2, 0) is 0 Å². The molecule has 1 aromatic rings. The number of carbonyl (C=O) groups is 1. The smallest absolute Gasteiger partial charge is 0.166 e. The summed E-state index contributed by atoms with van der Waals surface area (Å²) >= 11 is 0. The van der Waals surface area contributed by atoms with Gasteiger partial charge in [-0.1, -0.05) is 38.8 Å². The second-order valence-electron chi connectivity index (χ2n) is 7.00. The van der Waals surface area contributed by atoms with Crippen LogP contribution in [0.5, 0.6) is 5.75 Å². The van der Waals surface area contributed by atoms with Gasteiger partial charge in [0.1, 0.15) is 5.75 Å². The summed E-state index contributed by atoms with van der Waals surface area (Å²) in [6.07, 6.45) is 7.29. The van der Waals surface area contributed by atoms with Gasteiger partial charge in [-0.05, 0) is 43.2 Å². The van der Waals surface area contributed by atoms with Crippen molar-refractivity contribution in [2.24, 2.45) is 11.3 Å². The Morgan fingerprint density at radius 2 is 2.00 bits per heavy atom. The lowest BCUT2D eigenvalue weighted by Gasteiger charge is -2.37. The second kappa shape index (κ2) is 5.23. The Kier molecular flexibility index (Phi) is 3.57. The Labute approximate surface area is 121 Å². The molecule has 2 saturated carbocycles. The molecule has 0 aliphatic heterocycles. The number of hydrogen-bond donors (Lipinski definition) is 0. The first-order chi connectivity index (χ1) is 9.56. The topological polar surface area (TPSA) is 26.3 Å². The van der Waals surface area contributed by atoms with Gasteiger partial charge < -0.3 is 4.74 Å². The minimum Gasteiger partial charge on any atom is -0.490 e. The zero-order valence-corrected chi connectivity index (χ0v) is 12.5. The van der Waals surface area contributed by atoms with Gasteiger partial charge in [0.25, 0.3) is 0 Å². The maximum atomic E-state index is 12.8. The van der Waals surface area contributed by atoms with Crippen molar-refractivity contribution in [2.45, 2.75) is 58.5 Å². The molecule has 1 unspecified atom stereocenters. The van der Waals surface area contributed by atoms with Gasteiger partial charge >= 0.3 is 0 Å². The third-order valence-corrected chi connectivity index (χ3v) is 4.77. The van der Waals surface area contributed by atoms with Crippen molar-refractivity contribution in [1.29, 1.82) is 0 Å². The number of Topliss-reactive ketones (excluding diaryl/α,β-unsaturated/α-hetero) is 1. The van der Waals surface area contributed by atoms with E-state index in [1.165, 1.54) is 12.8 Å². The van der Waals surface area contributed by atoms with Crippen LogP contribution in [0.4, 0.5) is 0 Å². The molecule has 3 rings (SSSR count). The Bertz CT molecular complexity index is 500. The van der Waals surface area contributed by atoms with E-state index in [1.807, 2.05) is 24.3 Å². The second-order valence-corrected chi connectivity index (χ2v) is 7.00. The van der Waals surface area contributed by atoms with Crippen molar-refractivity contribution in [2.75, 3.05) is 0 Å². The number of carbonyl (C=O) groups excluding carboxylic acids is 1. The minimum atomic E-state index is 0.128. The van der Waals surface area contributed by atoms with E-state index in [0.717, 1.165) is 37.0 Å². The molecule has 20 heavy (non-hydrogen) atoms. The summed E-state index contributed by atoms with van der Waals surface area (Å²) in [5, 5.41) is 0. The van der Waals surface area contributed by atoms with Crippen LogP contribution in [0.3, 0.4) is 0 Å². The van der Waals surface area contributed by atoms with Crippen LogP contribution in [0.15, 0.2) is 24.3 Å². The average Bonchev–Trinajstić information content (AvgIpc) is 3.22. The third kappa shape index (κ3) is 2.89. The van der Waals surface area contributed by atoms with Crippen molar-refractivity contribution < 1.29 is 9.53 Å². The first-order valence-electron chi connectivity index (χ1n) is 7.87. The lowest BCUT2D eigenvalue weighted by Crippen LogP contribution is -2.34. The maximum absolute atomic E-state index is 12.8. The van der Waals surface area contributed by atoms with Gasteiger partial charge in [-0.3, -0.25) is 4.79 Å². The fourth-order valence-electron chi connectivity index (χ4n) is 3.28. The highest BCUT2D eigenvalue weighted by atomic mass is 16.5. The molecule has 0 bridgehead atoms. The van der Waals surface area contributed by atoms with Gasteiger partial charge in [-0.25, -0.2) is 0 Å². The molecule has 2 aliphatic carbocycles. The Hall–Kier alpha value is -1.31. The molecular formula is C18H24O2. The Morgan fingerprint density at radius 3 is 2.70 bits per heavy atom. The van der Waals surface area contributed by atoms with Crippen molar-refractivity contribution in [3.05, 3.63) is 29.8 Å². The van der Waals surface area contributed by atoms with Crippen LogP contribution in [0.2, 0.25) is 0 Å². The first kappa shape index (κ1) is 13.7. The normalized spacial score (nSPS) is 25.2. The predicted molar refractivity (Wildman–Crippen MR) is 80.2 cm³/mol. The van der Waals surface area contributed by atoms with E-state index >= 15 is 0 Å². The number of hydrogen-bond acceptors (Lipinski definition) is 2. The van der Waals surface area contributed by atoms with E-state index in [9.17, 15) is 4.79 Å². The van der Waals surface area contributed by atoms with E-state index in [4.69, 9.17) is 4.74 Å². The summed E-state index contributed by atoms with van der Waals surface area (Å²) in [6.45, 7) is 4.47.